The summed E-state index contributed by atoms with van der Waals surface area (Å²) < 4.78 is 5.72. The van der Waals surface area contributed by atoms with Gasteiger partial charge in [0.2, 0.25) is 5.91 Å². The lowest BCUT2D eigenvalue weighted by Crippen LogP contribution is -2.39. The first-order valence-electron chi connectivity index (χ1n) is 7.04. The van der Waals surface area contributed by atoms with Gasteiger partial charge in [-0.3, -0.25) is 4.79 Å². The number of nitrogens with zero attached hydrogens (tertiary/aromatic N) is 1. The van der Waals surface area contributed by atoms with Crippen LogP contribution in [0.4, 0.5) is 0 Å². The first kappa shape index (κ1) is 16.5. The summed E-state index contributed by atoms with van der Waals surface area (Å²) in [5.74, 6) is -1.82. The zero-order valence-corrected chi connectivity index (χ0v) is 12.5. The van der Waals surface area contributed by atoms with Gasteiger partial charge in [-0.1, -0.05) is 12.1 Å². The average Bonchev–Trinajstić information content (AvgIpc) is 2.91. The Bertz CT molecular complexity index is 614. The van der Waals surface area contributed by atoms with Crippen molar-refractivity contribution in [2.75, 3.05) is 6.54 Å². The van der Waals surface area contributed by atoms with Crippen molar-refractivity contribution >= 4 is 23.9 Å². The molecule has 1 amide bonds. The van der Waals surface area contributed by atoms with E-state index in [1.54, 1.807) is 24.3 Å². The van der Waals surface area contributed by atoms with Crippen molar-refractivity contribution in [2.45, 2.75) is 25.5 Å². The highest BCUT2D eigenvalue weighted by Gasteiger charge is 2.39. The van der Waals surface area contributed by atoms with E-state index in [0.717, 1.165) is 6.08 Å². The first-order valence-corrected chi connectivity index (χ1v) is 7.04. The van der Waals surface area contributed by atoms with Gasteiger partial charge in [0.15, 0.2) is 0 Å². The van der Waals surface area contributed by atoms with E-state index in [2.05, 4.69) is 0 Å². The van der Waals surface area contributed by atoms with Crippen LogP contribution in [-0.2, 0) is 14.4 Å². The number of amides is 1. The molecule has 23 heavy (non-hydrogen) atoms. The van der Waals surface area contributed by atoms with Crippen LogP contribution in [-0.4, -0.2) is 51.6 Å². The van der Waals surface area contributed by atoms with Crippen LogP contribution in [0.5, 0.6) is 5.75 Å². The molecule has 7 heteroatoms. The van der Waals surface area contributed by atoms with Gasteiger partial charge < -0.3 is 19.8 Å². The lowest BCUT2D eigenvalue weighted by Gasteiger charge is -2.18. The molecule has 2 rings (SSSR count). The quantitative estimate of drug-likeness (QED) is 0.791. The van der Waals surface area contributed by atoms with Crippen LogP contribution in [0.1, 0.15) is 18.9 Å². The van der Waals surface area contributed by atoms with Crippen molar-refractivity contribution in [1.82, 2.24) is 4.90 Å². The smallest absolute Gasteiger partial charge is 0.328 e. The summed E-state index contributed by atoms with van der Waals surface area (Å²) in [6.07, 6.45) is 2.34. The zero-order chi connectivity index (χ0) is 17.0. The van der Waals surface area contributed by atoms with Gasteiger partial charge in [-0.05, 0) is 23.8 Å². The van der Waals surface area contributed by atoms with Crippen LogP contribution in [0, 0.1) is 0 Å². The Morgan fingerprint density at radius 1 is 1.22 bits per heavy atom. The molecule has 2 atom stereocenters. The van der Waals surface area contributed by atoms with E-state index >= 15 is 0 Å². The van der Waals surface area contributed by atoms with E-state index in [1.165, 1.54) is 17.9 Å². The third-order valence-electron chi connectivity index (χ3n) is 3.55. The summed E-state index contributed by atoms with van der Waals surface area (Å²) >= 11 is 0. The molecule has 0 unspecified atom stereocenters. The fourth-order valence-electron chi connectivity index (χ4n) is 2.48. The maximum absolute atomic E-state index is 11.5. The maximum Gasteiger partial charge on any atom is 0.328 e. The largest absolute Gasteiger partial charge is 0.488 e. The standard InChI is InChI=1S/C16H17NO6/c1-10(18)17-9-13(8-14(17)16(21)22)23-12-5-2-11(3-6-12)4-7-15(19)20/h2-7,13-14H,8-9H2,1H3,(H,19,20)(H,21,22)/t13-,14+/m1/s1. The summed E-state index contributed by atoms with van der Waals surface area (Å²) in [4.78, 5) is 34.4. The van der Waals surface area contributed by atoms with Crippen molar-refractivity contribution in [3.05, 3.63) is 35.9 Å². The summed E-state index contributed by atoms with van der Waals surface area (Å²) in [6, 6.07) is 5.87. The highest BCUT2D eigenvalue weighted by molar-refractivity contribution is 5.85. The second-order valence-corrected chi connectivity index (χ2v) is 5.24. The monoisotopic (exact) mass is 319 g/mol. The molecule has 0 saturated carbocycles. The van der Waals surface area contributed by atoms with Crippen LogP contribution in [0.25, 0.3) is 6.08 Å². The molecule has 0 aromatic heterocycles. The number of hydrogen-bond acceptors (Lipinski definition) is 4. The number of hydrogen-bond donors (Lipinski definition) is 2. The van der Waals surface area contributed by atoms with E-state index in [4.69, 9.17) is 14.9 Å². The number of ether oxygens (including phenoxy) is 1. The molecule has 1 saturated heterocycles. The topological polar surface area (TPSA) is 104 Å². The lowest BCUT2D eigenvalue weighted by molar-refractivity contribution is -0.147. The van der Waals surface area contributed by atoms with E-state index in [-0.39, 0.29) is 25.0 Å². The Kier molecular flexibility index (Phi) is 5.00. The normalized spacial score (nSPS) is 20.7. The molecule has 1 aliphatic heterocycles. The summed E-state index contributed by atoms with van der Waals surface area (Å²) in [6.45, 7) is 1.56. The van der Waals surface area contributed by atoms with Crippen LogP contribution in [0.15, 0.2) is 30.3 Å². The number of benzene rings is 1. The van der Waals surface area contributed by atoms with E-state index in [9.17, 15) is 14.4 Å². The highest BCUT2D eigenvalue weighted by Crippen LogP contribution is 2.24. The van der Waals surface area contributed by atoms with Crippen molar-refractivity contribution in [3.8, 4) is 5.75 Å². The fraction of sp³-hybridized carbons (Fsp3) is 0.312. The zero-order valence-electron chi connectivity index (χ0n) is 12.5. The molecule has 1 aromatic carbocycles. The minimum atomic E-state index is -1.04. The number of carbonyl (C=O) groups is 3. The molecule has 0 aliphatic carbocycles. The Labute approximate surface area is 132 Å². The number of likely N-dealkylation sites (tertiary alicyclic amines) is 1. The Balaban J connectivity index is 2.01. The Morgan fingerprint density at radius 2 is 1.87 bits per heavy atom. The van der Waals surface area contributed by atoms with Crippen molar-refractivity contribution in [2.24, 2.45) is 0 Å². The van der Waals surface area contributed by atoms with Crippen LogP contribution in [0.3, 0.4) is 0 Å². The Hall–Kier alpha value is -2.83. The molecule has 2 N–H and O–H groups in total. The predicted octanol–water partition coefficient (Wildman–Crippen LogP) is 1.24. The second-order valence-electron chi connectivity index (χ2n) is 5.24. The molecule has 122 valence electrons. The third kappa shape index (κ3) is 4.32. The summed E-state index contributed by atoms with van der Waals surface area (Å²) in [5.41, 5.74) is 0.708. The summed E-state index contributed by atoms with van der Waals surface area (Å²) in [7, 11) is 0. The molecule has 0 bridgehead atoms. The summed E-state index contributed by atoms with van der Waals surface area (Å²) in [5, 5.41) is 17.7. The molecule has 1 fully saturated rings. The van der Waals surface area contributed by atoms with Gasteiger partial charge in [-0.25, -0.2) is 9.59 Å². The molecule has 7 nitrogen and oxygen atoms in total. The maximum atomic E-state index is 11.5. The number of carboxylic acids is 2. The van der Waals surface area contributed by atoms with Crippen LogP contribution in [0.2, 0.25) is 0 Å². The minimum absolute atomic E-state index is 0.229. The van der Waals surface area contributed by atoms with Gasteiger partial charge >= 0.3 is 11.9 Å². The van der Waals surface area contributed by atoms with Gasteiger partial charge in [0.1, 0.15) is 17.9 Å². The van der Waals surface area contributed by atoms with Gasteiger partial charge in [0, 0.05) is 19.4 Å². The molecular formula is C16H17NO6. The Morgan fingerprint density at radius 3 is 2.35 bits per heavy atom. The van der Waals surface area contributed by atoms with E-state index < -0.39 is 18.0 Å². The van der Waals surface area contributed by atoms with Gasteiger partial charge in [-0.15, -0.1) is 0 Å². The molecule has 1 aromatic rings. The van der Waals surface area contributed by atoms with Gasteiger partial charge in [-0.2, -0.15) is 0 Å². The lowest BCUT2D eigenvalue weighted by atomic mass is 10.2. The number of carbonyl (C=O) groups excluding carboxylic acids is 1. The van der Waals surface area contributed by atoms with Crippen molar-refractivity contribution in [3.63, 3.8) is 0 Å². The molecular weight excluding hydrogens is 302 g/mol. The number of aliphatic carboxylic acids is 2. The van der Waals surface area contributed by atoms with E-state index in [0.29, 0.717) is 11.3 Å². The highest BCUT2D eigenvalue weighted by atomic mass is 16.5. The van der Waals surface area contributed by atoms with Gasteiger partial charge in [0.25, 0.3) is 0 Å². The molecule has 0 radical (unpaired) electrons. The fourth-order valence-corrected chi connectivity index (χ4v) is 2.48. The van der Waals surface area contributed by atoms with Gasteiger partial charge in [0.05, 0.1) is 6.54 Å². The number of rotatable bonds is 5. The predicted molar refractivity (Wildman–Crippen MR) is 81.0 cm³/mol. The third-order valence-corrected chi connectivity index (χ3v) is 3.55. The molecule has 0 spiro atoms. The van der Waals surface area contributed by atoms with E-state index in [1.807, 2.05) is 0 Å². The SMILES string of the molecule is CC(=O)N1C[C@H](Oc2ccc(C=CC(=O)O)cc2)C[C@H]1C(=O)O. The molecule has 1 heterocycles. The second kappa shape index (κ2) is 6.95. The molecule has 1 aliphatic rings. The average molecular weight is 319 g/mol. The number of carboxylic acid groups (broad SMARTS) is 2. The van der Waals surface area contributed by atoms with Crippen molar-refractivity contribution in [1.29, 1.82) is 0 Å². The first-order chi connectivity index (χ1) is 10.9. The van der Waals surface area contributed by atoms with Crippen molar-refractivity contribution < 1.29 is 29.3 Å². The minimum Gasteiger partial charge on any atom is -0.488 e. The van der Waals surface area contributed by atoms with Crippen LogP contribution < -0.4 is 4.74 Å². The van der Waals surface area contributed by atoms with Crippen LogP contribution >= 0.6 is 0 Å².